The molecule has 0 bridgehead atoms. The van der Waals surface area contributed by atoms with Gasteiger partial charge in [-0.1, -0.05) is 78.6 Å². The third-order valence-electron chi connectivity index (χ3n) is 4.49. The molecule has 15 heavy (non-hydrogen) atoms. The minimum Gasteiger partial charge on any atom is -0.0651 e. The molecular weight excluding hydrogens is 180 g/mol. The molecule has 1 rings (SSSR count). The van der Waals surface area contributed by atoms with Crippen LogP contribution >= 0.6 is 0 Å². The summed E-state index contributed by atoms with van der Waals surface area (Å²) in [7, 11) is 0. The molecule has 0 nitrogen and oxygen atoms in total. The molecule has 1 saturated carbocycles. The molecule has 0 aromatic carbocycles. The second-order valence-electron chi connectivity index (χ2n) is 5.82. The van der Waals surface area contributed by atoms with E-state index in [0.29, 0.717) is 0 Å². The number of hydrogen-bond donors (Lipinski definition) is 0. The van der Waals surface area contributed by atoms with Crippen molar-refractivity contribution in [2.75, 3.05) is 0 Å². The van der Waals surface area contributed by atoms with Gasteiger partial charge in [-0.2, -0.15) is 0 Å². The maximum absolute atomic E-state index is 2.46. The first-order chi connectivity index (χ1) is 7.24. The summed E-state index contributed by atoms with van der Waals surface area (Å²) in [5, 5.41) is 0. The van der Waals surface area contributed by atoms with Crippen molar-refractivity contribution in [2.45, 2.75) is 78.6 Å². The Morgan fingerprint density at radius 1 is 0.933 bits per heavy atom. The van der Waals surface area contributed by atoms with Crippen LogP contribution in [0.15, 0.2) is 0 Å². The van der Waals surface area contributed by atoms with Gasteiger partial charge in [-0.3, -0.25) is 0 Å². The Morgan fingerprint density at radius 2 is 1.40 bits per heavy atom. The summed E-state index contributed by atoms with van der Waals surface area (Å²) in [6.07, 6.45) is 13.3. The fourth-order valence-corrected chi connectivity index (χ4v) is 2.99. The summed E-state index contributed by atoms with van der Waals surface area (Å²) in [5.74, 6) is 2.98. The van der Waals surface area contributed by atoms with Crippen molar-refractivity contribution >= 4 is 0 Å². The quantitative estimate of drug-likeness (QED) is 0.571. The molecule has 0 N–H and O–H groups in total. The van der Waals surface area contributed by atoms with Crippen LogP contribution in [0.4, 0.5) is 0 Å². The molecule has 0 radical (unpaired) electrons. The highest BCUT2D eigenvalue weighted by molar-refractivity contribution is 4.68. The smallest absolute Gasteiger partial charge is 0.0389 e. The van der Waals surface area contributed by atoms with Crippen LogP contribution < -0.4 is 0 Å². The minimum absolute atomic E-state index is 0.960. The highest BCUT2D eigenvalue weighted by Crippen LogP contribution is 2.29. The monoisotopic (exact) mass is 210 g/mol. The van der Waals surface area contributed by atoms with Crippen LogP contribution in [0.1, 0.15) is 78.6 Å². The van der Waals surface area contributed by atoms with Gasteiger partial charge in [0.05, 0.1) is 0 Å². The lowest BCUT2D eigenvalue weighted by atomic mass is 9.81. The highest BCUT2D eigenvalue weighted by atomic mass is 14.2. The molecule has 0 heteroatoms. The summed E-state index contributed by atoms with van der Waals surface area (Å²) in [4.78, 5) is 0. The van der Waals surface area contributed by atoms with Crippen LogP contribution in [-0.2, 0) is 0 Å². The van der Waals surface area contributed by atoms with Gasteiger partial charge in [0.25, 0.3) is 0 Å². The van der Waals surface area contributed by atoms with Crippen LogP contribution in [0.5, 0.6) is 0 Å². The van der Waals surface area contributed by atoms with Crippen LogP contribution in [0.25, 0.3) is 0 Å². The van der Waals surface area contributed by atoms with Gasteiger partial charge in [0.1, 0.15) is 0 Å². The summed E-state index contributed by atoms with van der Waals surface area (Å²) in [5.41, 5.74) is 0. The predicted molar refractivity (Wildman–Crippen MR) is 69.0 cm³/mol. The van der Waals surface area contributed by atoms with E-state index in [9.17, 15) is 0 Å². The fraction of sp³-hybridized carbons (Fsp3) is 1.00. The third-order valence-corrected chi connectivity index (χ3v) is 4.49. The van der Waals surface area contributed by atoms with E-state index < -0.39 is 0 Å². The van der Waals surface area contributed by atoms with Crippen LogP contribution in [-0.4, -0.2) is 0 Å². The van der Waals surface area contributed by atoms with Crippen LogP contribution in [0.2, 0.25) is 0 Å². The Kier molecular flexibility index (Phi) is 6.36. The van der Waals surface area contributed by atoms with Crippen molar-refractivity contribution in [3.05, 3.63) is 0 Å². The minimum atomic E-state index is 0.960. The van der Waals surface area contributed by atoms with Gasteiger partial charge < -0.3 is 0 Å². The standard InChI is InChI=1S/C15H30/c1-4-14(3)15-11-7-5-9-13(2)10-6-8-12-15/h13-15H,4-12H2,1-3H3. The first-order valence-corrected chi connectivity index (χ1v) is 7.24. The first kappa shape index (κ1) is 13.1. The molecule has 0 spiro atoms. The average Bonchev–Trinajstić information content (AvgIpc) is 2.26. The van der Waals surface area contributed by atoms with E-state index in [4.69, 9.17) is 0 Å². The predicted octanol–water partition coefficient (Wildman–Crippen LogP) is 5.42. The maximum Gasteiger partial charge on any atom is -0.0389 e. The molecule has 0 aromatic heterocycles. The van der Waals surface area contributed by atoms with Crippen molar-refractivity contribution in [3.63, 3.8) is 0 Å². The van der Waals surface area contributed by atoms with E-state index in [1.54, 1.807) is 0 Å². The Morgan fingerprint density at radius 3 is 1.87 bits per heavy atom. The van der Waals surface area contributed by atoms with E-state index in [0.717, 1.165) is 17.8 Å². The molecule has 1 fully saturated rings. The second-order valence-corrected chi connectivity index (χ2v) is 5.82. The summed E-state index contributed by atoms with van der Waals surface area (Å²) < 4.78 is 0. The fourth-order valence-electron chi connectivity index (χ4n) is 2.99. The largest absolute Gasteiger partial charge is 0.0651 e. The Bertz CT molecular complexity index is 138. The maximum atomic E-state index is 2.46. The molecule has 1 unspecified atom stereocenters. The van der Waals surface area contributed by atoms with Gasteiger partial charge in [0, 0.05) is 0 Å². The molecular formula is C15H30. The van der Waals surface area contributed by atoms with Gasteiger partial charge in [0.15, 0.2) is 0 Å². The molecule has 0 aromatic rings. The summed E-state index contributed by atoms with van der Waals surface area (Å²) >= 11 is 0. The zero-order valence-corrected chi connectivity index (χ0v) is 11.1. The van der Waals surface area contributed by atoms with E-state index in [-0.39, 0.29) is 0 Å². The Balaban J connectivity index is 2.34. The normalized spacial score (nSPS) is 32.2. The van der Waals surface area contributed by atoms with E-state index in [1.165, 1.54) is 57.8 Å². The van der Waals surface area contributed by atoms with Gasteiger partial charge >= 0.3 is 0 Å². The van der Waals surface area contributed by atoms with E-state index in [1.807, 2.05) is 0 Å². The third kappa shape index (κ3) is 5.04. The van der Waals surface area contributed by atoms with Crippen molar-refractivity contribution in [1.82, 2.24) is 0 Å². The van der Waals surface area contributed by atoms with E-state index >= 15 is 0 Å². The molecule has 1 atom stereocenters. The zero-order chi connectivity index (χ0) is 11.1. The number of hydrogen-bond acceptors (Lipinski definition) is 0. The lowest BCUT2D eigenvalue weighted by Gasteiger charge is -2.25. The molecule has 0 heterocycles. The second kappa shape index (κ2) is 7.30. The van der Waals surface area contributed by atoms with Gasteiger partial charge in [-0.05, 0) is 17.8 Å². The lowest BCUT2D eigenvalue weighted by molar-refractivity contribution is 0.273. The Labute approximate surface area is 96.8 Å². The van der Waals surface area contributed by atoms with Crippen molar-refractivity contribution in [2.24, 2.45) is 17.8 Å². The van der Waals surface area contributed by atoms with E-state index in [2.05, 4.69) is 20.8 Å². The van der Waals surface area contributed by atoms with Crippen molar-refractivity contribution in [1.29, 1.82) is 0 Å². The van der Waals surface area contributed by atoms with Crippen LogP contribution in [0.3, 0.4) is 0 Å². The Hall–Kier alpha value is 0. The molecule has 0 amide bonds. The highest BCUT2D eigenvalue weighted by Gasteiger charge is 2.16. The first-order valence-electron chi connectivity index (χ1n) is 7.24. The van der Waals surface area contributed by atoms with Crippen molar-refractivity contribution in [3.8, 4) is 0 Å². The van der Waals surface area contributed by atoms with Gasteiger partial charge in [0.2, 0.25) is 0 Å². The van der Waals surface area contributed by atoms with Gasteiger partial charge in [-0.25, -0.2) is 0 Å². The summed E-state index contributed by atoms with van der Waals surface area (Å²) in [6.45, 7) is 7.25. The molecule has 1 aliphatic rings. The molecule has 1 aliphatic carbocycles. The SMILES string of the molecule is CCC(C)C1CCCCC(C)CCCC1. The van der Waals surface area contributed by atoms with Gasteiger partial charge in [-0.15, -0.1) is 0 Å². The molecule has 0 saturated heterocycles. The zero-order valence-electron chi connectivity index (χ0n) is 11.1. The topological polar surface area (TPSA) is 0 Å². The average molecular weight is 210 g/mol. The lowest BCUT2D eigenvalue weighted by Crippen LogP contribution is -2.12. The summed E-state index contributed by atoms with van der Waals surface area (Å²) in [6, 6.07) is 0. The molecule has 0 aliphatic heterocycles. The molecule has 90 valence electrons. The van der Waals surface area contributed by atoms with Crippen molar-refractivity contribution < 1.29 is 0 Å². The van der Waals surface area contributed by atoms with Crippen LogP contribution in [0, 0.1) is 17.8 Å². The number of rotatable bonds is 2.